The molecule has 0 fully saturated rings. The van der Waals surface area contributed by atoms with Gasteiger partial charge in [-0.2, -0.15) is 5.26 Å². The Morgan fingerprint density at radius 2 is 2.12 bits per heavy atom. The van der Waals surface area contributed by atoms with E-state index in [9.17, 15) is 0 Å². The van der Waals surface area contributed by atoms with Gasteiger partial charge in [-0.15, -0.1) is 0 Å². The molecule has 1 heterocycles. The highest BCUT2D eigenvalue weighted by Gasteiger charge is 2.17. The third kappa shape index (κ3) is 2.96. The zero-order chi connectivity index (χ0) is 12.2. The Balaban J connectivity index is 3.04. The fraction of sp³-hybridized carbons (Fsp3) is 0.538. The minimum atomic E-state index is -0.0467. The average Bonchev–Trinajstić information content (AvgIpc) is 2.24. The lowest BCUT2D eigenvalue weighted by molar-refractivity contribution is 0.314. The molecule has 3 nitrogen and oxygen atoms in total. The van der Waals surface area contributed by atoms with Crippen molar-refractivity contribution in [2.75, 3.05) is 6.61 Å². The monoisotopic (exact) mass is 218 g/mol. The summed E-state index contributed by atoms with van der Waals surface area (Å²) in [7, 11) is 0. The van der Waals surface area contributed by atoms with Gasteiger partial charge in [0.15, 0.2) is 5.75 Å². The molecule has 0 aliphatic carbocycles. The third-order valence-electron chi connectivity index (χ3n) is 2.22. The standard InChI is InChI=1S/C13H18N2O/c1-5-6-16-11-9-15-12(13(2,3)4)7-10(11)8-14/h7,9H,5-6H2,1-4H3. The summed E-state index contributed by atoms with van der Waals surface area (Å²) < 4.78 is 5.46. The van der Waals surface area contributed by atoms with Crippen LogP contribution >= 0.6 is 0 Å². The van der Waals surface area contributed by atoms with Crippen molar-refractivity contribution in [1.29, 1.82) is 5.26 Å². The fourth-order valence-electron chi connectivity index (χ4n) is 1.27. The summed E-state index contributed by atoms with van der Waals surface area (Å²) in [4.78, 5) is 4.34. The largest absolute Gasteiger partial charge is 0.491 e. The Hall–Kier alpha value is -1.56. The Bertz CT molecular complexity index is 399. The summed E-state index contributed by atoms with van der Waals surface area (Å²) in [6.45, 7) is 8.86. The Morgan fingerprint density at radius 3 is 2.62 bits per heavy atom. The van der Waals surface area contributed by atoms with E-state index in [2.05, 4.69) is 31.8 Å². The molecule has 16 heavy (non-hydrogen) atoms. The molecule has 0 bridgehead atoms. The fourth-order valence-corrected chi connectivity index (χ4v) is 1.27. The number of nitriles is 1. The lowest BCUT2D eigenvalue weighted by Crippen LogP contribution is -2.14. The first-order chi connectivity index (χ1) is 7.49. The first-order valence-corrected chi connectivity index (χ1v) is 5.52. The second-order valence-corrected chi connectivity index (χ2v) is 4.78. The summed E-state index contributed by atoms with van der Waals surface area (Å²) in [5.41, 5.74) is 1.43. The molecule has 3 heteroatoms. The van der Waals surface area contributed by atoms with Crippen LogP contribution in [0, 0.1) is 11.3 Å². The topological polar surface area (TPSA) is 45.9 Å². The van der Waals surface area contributed by atoms with Crippen LogP contribution < -0.4 is 4.74 Å². The highest BCUT2D eigenvalue weighted by atomic mass is 16.5. The van der Waals surface area contributed by atoms with Crippen LogP contribution in [0.5, 0.6) is 5.75 Å². The molecule has 0 spiro atoms. The number of hydrogen-bond donors (Lipinski definition) is 0. The first kappa shape index (κ1) is 12.5. The van der Waals surface area contributed by atoms with Gasteiger partial charge < -0.3 is 4.74 Å². The van der Waals surface area contributed by atoms with Crippen molar-refractivity contribution in [3.05, 3.63) is 23.5 Å². The molecule has 86 valence electrons. The van der Waals surface area contributed by atoms with Crippen LogP contribution in [0.2, 0.25) is 0 Å². The number of nitrogens with zero attached hydrogens (tertiary/aromatic N) is 2. The molecular formula is C13H18N2O. The number of rotatable bonds is 3. The Labute approximate surface area is 97.1 Å². The van der Waals surface area contributed by atoms with Gasteiger partial charge in [-0.25, -0.2) is 0 Å². The van der Waals surface area contributed by atoms with Gasteiger partial charge in [0.1, 0.15) is 6.07 Å². The van der Waals surface area contributed by atoms with E-state index in [-0.39, 0.29) is 5.41 Å². The molecule has 0 aliphatic heterocycles. The second-order valence-electron chi connectivity index (χ2n) is 4.78. The van der Waals surface area contributed by atoms with E-state index in [1.807, 2.05) is 13.0 Å². The quantitative estimate of drug-likeness (QED) is 0.783. The summed E-state index contributed by atoms with van der Waals surface area (Å²) >= 11 is 0. The maximum atomic E-state index is 9.05. The zero-order valence-electron chi connectivity index (χ0n) is 10.4. The van der Waals surface area contributed by atoms with Crippen LogP contribution in [0.3, 0.4) is 0 Å². The molecular weight excluding hydrogens is 200 g/mol. The highest BCUT2D eigenvalue weighted by Crippen LogP contribution is 2.25. The molecule has 1 aromatic heterocycles. The van der Waals surface area contributed by atoms with Gasteiger partial charge in [0.25, 0.3) is 0 Å². The molecule has 0 N–H and O–H groups in total. The van der Waals surface area contributed by atoms with Crippen molar-refractivity contribution in [1.82, 2.24) is 4.98 Å². The summed E-state index contributed by atoms with van der Waals surface area (Å²) in [6.07, 6.45) is 2.57. The van der Waals surface area contributed by atoms with Crippen LogP contribution in [-0.4, -0.2) is 11.6 Å². The van der Waals surface area contributed by atoms with Gasteiger partial charge in [0, 0.05) is 11.1 Å². The van der Waals surface area contributed by atoms with Crippen molar-refractivity contribution in [2.24, 2.45) is 0 Å². The minimum absolute atomic E-state index is 0.0467. The van der Waals surface area contributed by atoms with Gasteiger partial charge in [0.2, 0.25) is 0 Å². The maximum absolute atomic E-state index is 9.05. The lowest BCUT2D eigenvalue weighted by atomic mass is 9.91. The minimum Gasteiger partial charge on any atom is -0.491 e. The average molecular weight is 218 g/mol. The van der Waals surface area contributed by atoms with E-state index >= 15 is 0 Å². The van der Waals surface area contributed by atoms with Crippen LogP contribution in [0.15, 0.2) is 12.3 Å². The van der Waals surface area contributed by atoms with Crippen molar-refractivity contribution in [3.8, 4) is 11.8 Å². The molecule has 0 atom stereocenters. The lowest BCUT2D eigenvalue weighted by Gasteiger charge is -2.18. The molecule has 0 unspecified atom stereocenters. The molecule has 1 aromatic rings. The van der Waals surface area contributed by atoms with E-state index < -0.39 is 0 Å². The number of ether oxygens (including phenoxy) is 1. The van der Waals surface area contributed by atoms with Crippen LogP contribution in [0.1, 0.15) is 45.4 Å². The van der Waals surface area contributed by atoms with E-state index in [4.69, 9.17) is 10.00 Å². The normalized spacial score (nSPS) is 10.9. The van der Waals surface area contributed by atoms with Gasteiger partial charge in [0.05, 0.1) is 18.4 Å². The van der Waals surface area contributed by atoms with Crippen LogP contribution in [0.25, 0.3) is 0 Å². The molecule has 0 saturated heterocycles. The molecule has 0 radical (unpaired) electrons. The molecule has 1 rings (SSSR count). The summed E-state index contributed by atoms with van der Waals surface area (Å²) in [5, 5.41) is 9.05. The smallest absolute Gasteiger partial charge is 0.155 e. The third-order valence-corrected chi connectivity index (χ3v) is 2.22. The molecule has 0 saturated carbocycles. The number of pyridine rings is 1. The number of hydrogen-bond acceptors (Lipinski definition) is 3. The summed E-state index contributed by atoms with van der Waals surface area (Å²) in [5.74, 6) is 0.581. The molecule has 0 amide bonds. The van der Waals surface area contributed by atoms with E-state index in [1.165, 1.54) is 0 Å². The van der Waals surface area contributed by atoms with Crippen LogP contribution in [0.4, 0.5) is 0 Å². The summed E-state index contributed by atoms with van der Waals surface area (Å²) in [6, 6.07) is 3.96. The van der Waals surface area contributed by atoms with Gasteiger partial charge in [-0.05, 0) is 12.5 Å². The predicted octanol–water partition coefficient (Wildman–Crippen LogP) is 3.04. The highest BCUT2D eigenvalue weighted by molar-refractivity contribution is 5.43. The molecule has 0 aromatic carbocycles. The van der Waals surface area contributed by atoms with Gasteiger partial charge >= 0.3 is 0 Å². The second kappa shape index (κ2) is 4.98. The first-order valence-electron chi connectivity index (χ1n) is 5.52. The van der Waals surface area contributed by atoms with E-state index in [0.717, 1.165) is 12.1 Å². The number of aromatic nitrogens is 1. The maximum Gasteiger partial charge on any atom is 0.155 e. The Morgan fingerprint density at radius 1 is 1.44 bits per heavy atom. The SMILES string of the molecule is CCCOc1cnc(C(C)(C)C)cc1C#N. The van der Waals surface area contributed by atoms with Crippen molar-refractivity contribution in [3.63, 3.8) is 0 Å². The molecule has 0 aliphatic rings. The van der Waals surface area contributed by atoms with Crippen LogP contribution in [-0.2, 0) is 5.41 Å². The van der Waals surface area contributed by atoms with Crippen molar-refractivity contribution >= 4 is 0 Å². The van der Waals surface area contributed by atoms with Crippen molar-refractivity contribution < 1.29 is 4.74 Å². The van der Waals surface area contributed by atoms with Crippen molar-refractivity contribution in [2.45, 2.75) is 39.5 Å². The zero-order valence-corrected chi connectivity index (χ0v) is 10.4. The van der Waals surface area contributed by atoms with Gasteiger partial charge in [-0.1, -0.05) is 27.7 Å². The van der Waals surface area contributed by atoms with Gasteiger partial charge in [-0.3, -0.25) is 4.98 Å². The van der Waals surface area contributed by atoms with E-state index in [0.29, 0.717) is 17.9 Å². The Kier molecular flexibility index (Phi) is 3.89. The predicted molar refractivity (Wildman–Crippen MR) is 63.4 cm³/mol. The van der Waals surface area contributed by atoms with E-state index in [1.54, 1.807) is 6.20 Å².